The number of amides is 2. The number of H-pyrrole nitrogens is 1. The Labute approximate surface area is 123 Å². The summed E-state index contributed by atoms with van der Waals surface area (Å²) in [7, 11) is 1.74. The van der Waals surface area contributed by atoms with E-state index in [2.05, 4.69) is 15.2 Å². The first-order chi connectivity index (χ1) is 10.1. The zero-order valence-corrected chi connectivity index (χ0v) is 12.3. The van der Waals surface area contributed by atoms with Gasteiger partial charge >= 0.3 is 0 Å². The van der Waals surface area contributed by atoms with E-state index in [1.54, 1.807) is 11.9 Å². The molecule has 2 heterocycles. The fourth-order valence-corrected chi connectivity index (χ4v) is 3.39. The molecular weight excluding hydrogens is 270 g/mol. The second kappa shape index (κ2) is 5.83. The van der Waals surface area contributed by atoms with Gasteiger partial charge in [-0.2, -0.15) is 5.10 Å². The number of nitrogens with zero attached hydrogens (tertiary/aromatic N) is 4. The van der Waals surface area contributed by atoms with Crippen LogP contribution in [0.15, 0.2) is 6.33 Å². The summed E-state index contributed by atoms with van der Waals surface area (Å²) >= 11 is 0. The Bertz CT molecular complexity index is 509. The largest absolute Gasteiger partial charge is 0.339 e. The number of carbonyl (C=O) groups is 2. The molecule has 1 atom stereocenters. The molecule has 0 spiro atoms. The Morgan fingerprint density at radius 1 is 1.48 bits per heavy atom. The predicted octanol–water partition coefficient (Wildman–Crippen LogP) is 0.554. The van der Waals surface area contributed by atoms with Crippen LogP contribution in [-0.2, 0) is 16.1 Å². The van der Waals surface area contributed by atoms with Gasteiger partial charge in [-0.15, -0.1) is 0 Å². The van der Waals surface area contributed by atoms with Crippen molar-refractivity contribution in [2.75, 3.05) is 13.6 Å². The van der Waals surface area contributed by atoms with Gasteiger partial charge in [-0.25, -0.2) is 4.98 Å². The number of hydrogen-bond donors (Lipinski definition) is 1. The highest BCUT2D eigenvalue weighted by Gasteiger charge is 2.39. The first-order valence-corrected chi connectivity index (χ1v) is 7.54. The summed E-state index contributed by atoms with van der Waals surface area (Å²) < 4.78 is 0. The van der Waals surface area contributed by atoms with Crippen LogP contribution in [0.25, 0.3) is 0 Å². The summed E-state index contributed by atoms with van der Waals surface area (Å²) in [4.78, 5) is 32.2. The molecule has 1 saturated heterocycles. The minimum Gasteiger partial charge on any atom is -0.339 e. The highest BCUT2D eigenvalue weighted by Crippen LogP contribution is 2.30. The minimum atomic E-state index is -0.217. The van der Waals surface area contributed by atoms with Crippen molar-refractivity contribution in [3.63, 3.8) is 0 Å². The highest BCUT2D eigenvalue weighted by molar-refractivity contribution is 5.89. The van der Waals surface area contributed by atoms with Crippen LogP contribution in [-0.4, -0.2) is 56.4 Å². The fraction of sp³-hybridized carbons (Fsp3) is 0.714. The van der Waals surface area contributed by atoms with Crippen molar-refractivity contribution < 1.29 is 9.59 Å². The molecular formula is C14H21N5O2. The van der Waals surface area contributed by atoms with E-state index in [0.29, 0.717) is 31.4 Å². The average Bonchev–Trinajstić information content (AvgIpc) is 3.17. The van der Waals surface area contributed by atoms with Gasteiger partial charge in [-0.05, 0) is 12.8 Å². The van der Waals surface area contributed by atoms with Crippen LogP contribution in [0.1, 0.15) is 37.9 Å². The summed E-state index contributed by atoms with van der Waals surface area (Å²) in [6.07, 6.45) is 6.32. The van der Waals surface area contributed by atoms with E-state index in [1.165, 1.54) is 19.2 Å². The molecule has 1 N–H and O–H groups in total. The number of carbonyl (C=O) groups excluding carboxylic acids is 2. The molecule has 114 valence electrons. The molecule has 3 rings (SSSR count). The Morgan fingerprint density at radius 2 is 2.24 bits per heavy atom. The van der Waals surface area contributed by atoms with Crippen molar-refractivity contribution in [1.82, 2.24) is 25.0 Å². The molecule has 2 amide bonds. The summed E-state index contributed by atoms with van der Waals surface area (Å²) in [5, 5.41) is 6.52. The van der Waals surface area contributed by atoms with E-state index < -0.39 is 0 Å². The van der Waals surface area contributed by atoms with Crippen LogP contribution in [0.3, 0.4) is 0 Å². The van der Waals surface area contributed by atoms with E-state index in [9.17, 15) is 9.59 Å². The number of likely N-dealkylation sites (tertiary alicyclic amines) is 1. The van der Waals surface area contributed by atoms with E-state index in [0.717, 1.165) is 12.8 Å². The van der Waals surface area contributed by atoms with E-state index in [1.807, 2.05) is 4.90 Å². The maximum absolute atomic E-state index is 12.5. The van der Waals surface area contributed by atoms with Crippen LogP contribution >= 0.6 is 0 Å². The van der Waals surface area contributed by atoms with Crippen molar-refractivity contribution in [2.45, 2.75) is 44.7 Å². The second-order valence-corrected chi connectivity index (χ2v) is 6.01. The normalized spacial score (nSPS) is 23.0. The lowest BCUT2D eigenvalue weighted by molar-refractivity contribution is -0.135. The lowest BCUT2D eigenvalue weighted by Gasteiger charge is -2.25. The third kappa shape index (κ3) is 2.91. The van der Waals surface area contributed by atoms with Crippen molar-refractivity contribution in [1.29, 1.82) is 0 Å². The lowest BCUT2D eigenvalue weighted by atomic mass is 10.1. The van der Waals surface area contributed by atoms with Gasteiger partial charge < -0.3 is 9.80 Å². The molecule has 1 unspecified atom stereocenters. The van der Waals surface area contributed by atoms with Crippen molar-refractivity contribution in [3.05, 3.63) is 12.2 Å². The first kappa shape index (κ1) is 14.0. The quantitative estimate of drug-likeness (QED) is 0.878. The zero-order chi connectivity index (χ0) is 14.8. The number of aromatic amines is 1. The fourth-order valence-electron chi connectivity index (χ4n) is 3.39. The molecule has 0 bridgehead atoms. The average molecular weight is 291 g/mol. The predicted molar refractivity (Wildman–Crippen MR) is 74.9 cm³/mol. The summed E-state index contributed by atoms with van der Waals surface area (Å²) in [5.41, 5.74) is 0. The van der Waals surface area contributed by atoms with Gasteiger partial charge in [0, 0.05) is 26.1 Å². The molecule has 2 fully saturated rings. The molecule has 0 aromatic carbocycles. The van der Waals surface area contributed by atoms with Gasteiger partial charge in [0.15, 0.2) is 0 Å². The first-order valence-electron chi connectivity index (χ1n) is 7.54. The molecule has 1 aliphatic heterocycles. The van der Waals surface area contributed by atoms with E-state index >= 15 is 0 Å². The smallest absolute Gasteiger partial charge is 0.228 e. The van der Waals surface area contributed by atoms with Gasteiger partial charge in [0.25, 0.3) is 0 Å². The Morgan fingerprint density at radius 3 is 2.90 bits per heavy atom. The maximum atomic E-state index is 12.5. The van der Waals surface area contributed by atoms with E-state index in [4.69, 9.17) is 0 Å². The Hall–Kier alpha value is -1.92. The summed E-state index contributed by atoms with van der Waals surface area (Å²) in [6.45, 7) is 0.968. The third-order valence-electron chi connectivity index (χ3n) is 4.50. The molecule has 2 aliphatic rings. The van der Waals surface area contributed by atoms with Crippen LogP contribution in [0.2, 0.25) is 0 Å². The highest BCUT2D eigenvalue weighted by atomic mass is 16.2. The Kier molecular flexibility index (Phi) is 3.90. The van der Waals surface area contributed by atoms with Gasteiger partial charge in [0.1, 0.15) is 12.2 Å². The van der Waals surface area contributed by atoms with E-state index in [-0.39, 0.29) is 17.7 Å². The van der Waals surface area contributed by atoms with Crippen LogP contribution in [0.4, 0.5) is 0 Å². The van der Waals surface area contributed by atoms with Crippen LogP contribution in [0, 0.1) is 5.92 Å². The van der Waals surface area contributed by atoms with Gasteiger partial charge in [-0.3, -0.25) is 14.7 Å². The SMILES string of the molecule is CN(Cc1ncn[nH]1)C(=O)C1CC(=O)N(C2CCCC2)C1. The summed E-state index contributed by atoms with van der Waals surface area (Å²) in [6, 6.07) is 0.356. The molecule has 1 saturated carbocycles. The minimum absolute atomic E-state index is 0.0141. The lowest BCUT2D eigenvalue weighted by Crippen LogP contribution is -2.37. The van der Waals surface area contributed by atoms with Crippen molar-refractivity contribution in [2.24, 2.45) is 5.92 Å². The van der Waals surface area contributed by atoms with Gasteiger partial charge in [0.2, 0.25) is 11.8 Å². The monoisotopic (exact) mass is 291 g/mol. The number of hydrogen-bond acceptors (Lipinski definition) is 4. The molecule has 21 heavy (non-hydrogen) atoms. The van der Waals surface area contributed by atoms with Crippen LogP contribution < -0.4 is 0 Å². The van der Waals surface area contributed by atoms with Gasteiger partial charge in [0.05, 0.1) is 12.5 Å². The standard InChI is InChI=1S/C14H21N5O2/c1-18(8-12-15-9-16-17-12)14(21)10-6-13(20)19(7-10)11-4-2-3-5-11/h9-11H,2-8H2,1H3,(H,15,16,17). The molecule has 1 aromatic rings. The van der Waals surface area contributed by atoms with Crippen molar-refractivity contribution >= 4 is 11.8 Å². The van der Waals surface area contributed by atoms with Gasteiger partial charge in [-0.1, -0.05) is 12.8 Å². The molecule has 7 nitrogen and oxygen atoms in total. The molecule has 1 aliphatic carbocycles. The van der Waals surface area contributed by atoms with Crippen LogP contribution in [0.5, 0.6) is 0 Å². The summed E-state index contributed by atoms with van der Waals surface area (Å²) in [5.74, 6) is 0.586. The molecule has 0 radical (unpaired) electrons. The number of rotatable bonds is 4. The zero-order valence-electron chi connectivity index (χ0n) is 12.3. The second-order valence-electron chi connectivity index (χ2n) is 6.01. The molecule has 7 heteroatoms. The molecule has 1 aromatic heterocycles. The third-order valence-corrected chi connectivity index (χ3v) is 4.50. The van der Waals surface area contributed by atoms with Crippen molar-refractivity contribution in [3.8, 4) is 0 Å². The number of aromatic nitrogens is 3. The number of nitrogens with one attached hydrogen (secondary N) is 1. The topological polar surface area (TPSA) is 82.2 Å². The maximum Gasteiger partial charge on any atom is 0.228 e. The Balaban J connectivity index is 1.59.